The number of aryl methyl sites for hydroxylation is 2. The molecule has 30 heavy (non-hydrogen) atoms. The molecule has 1 aliphatic rings. The Morgan fingerprint density at radius 3 is 2.40 bits per heavy atom. The van der Waals surface area contributed by atoms with Crippen molar-refractivity contribution < 1.29 is 18.1 Å². The van der Waals surface area contributed by atoms with Gasteiger partial charge in [0.05, 0.1) is 9.82 Å². The van der Waals surface area contributed by atoms with Gasteiger partial charge in [0.15, 0.2) is 0 Å². The number of carbonyl (C=O) groups is 1. The van der Waals surface area contributed by atoms with Crippen LogP contribution in [0, 0.1) is 29.9 Å². The second-order valence-electron chi connectivity index (χ2n) is 7.33. The molecule has 0 unspecified atom stereocenters. The van der Waals surface area contributed by atoms with E-state index in [1.807, 2.05) is 25.1 Å². The Hall–Kier alpha value is -2.30. The van der Waals surface area contributed by atoms with Crippen LogP contribution in [0.25, 0.3) is 0 Å². The van der Waals surface area contributed by atoms with Crippen LogP contribution in [0.3, 0.4) is 0 Å². The number of nitrogens with one attached hydrogen (secondary N) is 1. The number of hydrogen-bond acceptors (Lipinski definition) is 5. The predicted octanol–water partition coefficient (Wildman–Crippen LogP) is 4.01. The highest BCUT2D eigenvalue weighted by atomic mass is 79.9. The molecule has 1 N–H and O–H groups in total. The topological polar surface area (TPSA) is 110 Å². The third-order valence-electron chi connectivity index (χ3n) is 5.27. The van der Waals surface area contributed by atoms with Crippen LogP contribution in [0.2, 0.25) is 0 Å². The number of sulfonamides is 1. The van der Waals surface area contributed by atoms with Gasteiger partial charge in [-0.25, -0.2) is 8.42 Å². The van der Waals surface area contributed by atoms with Crippen molar-refractivity contribution >= 4 is 43.2 Å². The van der Waals surface area contributed by atoms with Gasteiger partial charge in [-0.1, -0.05) is 22.0 Å². The summed E-state index contributed by atoms with van der Waals surface area (Å²) >= 11 is 3.39. The summed E-state index contributed by atoms with van der Waals surface area (Å²) in [4.78, 5) is 23.0. The molecule has 10 heteroatoms. The largest absolute Gasteiger partial charge is 0.326 e. The molecular weight excluding hydrogens is 474 g/mol. The van der Waals surface area contributed by atoms with E-state index in [2.05, 4.69) is 21.2 Å². The van der Waals surface area contributed by atoms with E-state index in [1.165, 1.54) is 16.4 Å². The predicted molar refractivity (Wildman–Crippen MR) is 117 cm³/mol. The molecule has 1 fully saturated rings. The van der Waals surface area contributed by atoms with Crippen molar-refractivity contribution in [1.29, 1.82) is 0 Å². The summed E-state index contributed by atoms with van der Waals surface area (Å²) in [6.45, 7) is 3.87. The molecule has 3 rings (SSSR count). The zero-order valence-corrected chi connectivity index (χ0v) is 19.0. The lowest BCUT2D eigenvalue weighted by molar-refractivity contribution is -0.385. The monoisotopic (exact) mass is 495 g/mol. The minimum absolute atomic E-state index is 0.0647. The maximum absolute atomic E-state index is 13.0. The normalized spacial score (nSPS) is 15.7. The second kappa shape index (κ2) is 8.83. The smallest absolute Gasteiger partial charge is 0.270 e. The fourth-order valence-corrected chi connectivity index (χ4v) is 5.67. The molecule has 8 nitrogen and oxygen atoms in total. The van der Waals surface area contributed by atoms with Crippen LogP contribution in [-0.2, 0) is 14.8 Å². The Morgan fingerprint density at radius 2 is 1.80 bits per heavy atom. The molecule has 0 spiro atoms. The summed E-state index contributed by atoms with van der Waals surface area (Å²) in [5, 5.41) is 13.9. The highest BCUT2D eigenvalue weighted by Gasteiger charge is 2.33. The first-order chi connectivity index (χ1) is 14.1. The number of benzene rings is 2. The van der Waals surface area contributed by atoms with E-state index < -0.39 is 14.9 Å². The highest BCUT2D eigenvalue weighted by Crippen LogP contribution is 2.29. The van der Waals surface area contributed by atoms with E-state index in [4.69, 9.17) is 0 Å². The van der Waals surface area contributed by atoms with Crippen LogP contribution in [0.15, 0.2) is 45.8 Å². The molecule has 0 radical (unpaired) electrons. The van der Waals surface area contributed by atoms with Crippen LogP contribution < -0.4 is 5.32 Å². The Kier molecular flexibility index (Phi) is 6.59. The molecule has 0 aliphatic carbocycles. The fraction of sp³-hybridized carbons (Fsp3) is 0.350. The molecule has 2 aromatic rings. The molecule has 0 aromatic heterocycles. The summed E-state index contributed by atoms with van der Waals surface area (Å²) < 4.78 is 28.3. The standard InChI is InChI=1S/C20H22BrN3O5S/c1-13-3-5-17(24(26)27)12-19(13)30(28,29)23-9-7-15(8-10-23)20(25)22-18-6-4-16(21)11-14(18)2/h3-6,11-12,15H,7-10H2,1-2H3,(H,22,25). The minimum Gasteiger partial charge on any atom is -0.326 e. The van der Waals surface area contributed by atoms with Gasteiger partial charge in [0, 0.05) is 41.3 Å². The van der Waals surface area contributed by atoms with Gasteiger partial charge in [-0.3, -0.25) is 14.9 Å². The van der Waals surface area contributed by atoms with Gasteiger partial charge in [0.2, 0.25) is 15.9 Å². The molecule has 1 amide bonds. The van der Waals surface area contributed by atoms with Crippen molar-refractivity contribution in [3.05, 3.63) is 62.1 Å². The number of nitro groups is 1. The maximum atomic E-state index is 13.0. The van der Waals surface area contributed by atoms with Crippen LogP contribution in [0.4, 0.5) is 11.4 Å². The summed E-state index contributed by atoms with van der Waals surface area (Å²) in [5.41, 5.74) is 1.84. The van der Waals surface area contributed by atoms with Gasteiger partial charge in [0.25, 0.3) is 5.69 Å². The van der Waals surface area contributed by atoms with Gasteiger partial charge in [-0.05, 0) is 56.0 Å². The maximum Gasteiger partial charge on any atom is 0.270 e. The molecule has 160 valence electrons. The first kappa shape index (κ1) is 22.4. The van der Waals surface area contributed by atoms with Crippen molar-refractivity contribution in [1.82, 2.24) is 4.31 Å². The summed E-state index contributed by atoms with van der Waals surface area (Å²) in [5.74, 6) is -0.435. The van der Waals surface area contributed by atoms with E-state index in [0.717, 1.165) is 21.8 Å². The summed E-state index contributed by atoms with van der Waals surface area (Å²) in [7, 11) is -3.88. The Bertz CT molecular complexity index is 1100. The number of nitrogens with zero attached hydrogens (tertiary/aromatic N) is 2. The Balaban J connectivity index is 1.69. The van der Waals surface area contributed by atoms with Crippen molar-refractivity contribution in [2.24, 2.45) is 5.92 Å². The van der Waals surface area contributed by atoms with Gasteiger partial charge in [0.1, 0.15) is 0 Å². The third kappa shape index (κ3) is 4.71. The lowest BCUT2D eigenvalue weighted by atomic mass is 9.97. The number of amides is 1. The van der Waals surface area contributed by atoms with Gasteiger partial charge >= 0.3 is 0 Å². The van der Waals surface area contributed by atoms with Crippen LogP contribution in [0.1, 0.15) is 24.0 Å². The summed E-state index contributed by atoms with van der Waals surface area (Å²) in [6, 6.07) is 9.40. The van der Waals surface area contributed by atoms with E-state index in [9.17, 15) is 23.3 Å². The zero-order chi connectivity index (χ0) is 22.1. The van der Waals surface area contributed by atoms with Crippen molar-refractivity contribution in [3.8, 4) is 0 Å². The Morgan fingerprint density at radius 1 is 1.13 bits per heavy atom. The molecule has 1 heterocycles. The van der Waals surface area contributed by atoms with E-state index in [0.29, 0.717) is 18.4 Å². The number of nitro benzene ring substituents is 1. The minimum atomic E-state index is -3.88. The number of non-ortho nitro benzene ring substituents is 1. The van der Waals surface area contributed by atoms with Crippen LogP contribution >= 0.6 is 15.9 Å². The molecular formula is C20H22BrN3O5S. The van der Waals surface area contributed by atoms with Crippen molar-refractivity contribution in [2.75, 3.05) is 18.4 Å². The SMILES string of the molecule is Cc1cc(Br)ccc1NC(=O)C1CCN(S(=O)(=O)c2cc([N+](=O)[O-])ccc2C)CC1. The molecule has 1 aliphatic heterocycles. The number of rotatable bonds is 5. The van der Waals surface area contributed by atoms with E-state index in [1.54, 1.807) is 6.92 Å². The number of hydrogen-bond donors (Lipinski definition) is 1. The molecule has 0 bridgehead atoms. The number of anilines is 1. The van der Waals surface area contributed by atoms with Gasteiger partial charge in [-0.15, -0.1) is 0 Å². The lowest BCUT2D eigenvalue weighted by Gasteiger charge is -2.31. The average Bonchev–Trinajstić information content (AvgIpc) is 2.70. The molecule has 2 aromatic carbocycles. The lowest BCUT2D eigenvalue weighted by Crippen LogP contribution is -2.41. The van der Waals surface area contributed by atoms with Gasteiger partial charge < -0.3 is 5.32 Å². The quantitative estimate of drug-likeness (QED) is 0.497. The second-order valence-corrected chi connectivity index (χ2v) is 10.2. The first-order valence-electron chi connectivity index (χ1n) is 9.42. The van der Waals surface area contributed by atoms with Crippen molar-refractivity contribution in [2.45, 2.75) is 31.6 Å². The number of halogens is 1. The Labute approximate surface area is 183 Å². The number of carbonyl (C=O) groups excluding carboxylic acids is 1. The fourth-order valence-electron chi connectivity index (χ4n) is 3.48. The van der Waals surface area contributed by atoms with Gasteiger partial charge in [-0.2, -0.15) is 4.31 Å². The van der Waals surface area contributed by atoms with Crippen LogP contribution in [0.5, 0.6) is 0 Å². The molecule has 1 saturated heterocycles. The van der Waals surface area contributed by atoms with E-state index >= 15 is 0 Å². The summed E-state index contributed by atoms with van der Waals surface area (Å²) in [6.07, 6.45) is 0.767. The molecule has 0 saturated carbocycles. The van der Waals surface area contributed by atoms with Crippen LogP contribution in [-0.4, -0.2) is 36.6 Å². The number of piperidine rings is 1. The third-order valence-corrected chi connectivity index (χ3v) is 7.81. The van der Waals surface area contributed by atoms with E-state index in [-0.39, 0.29) is 35.5 Å². The average molecular weight is 496 g/mol. The highest BCUT2D eigenvalue weighted by molar-refractivity contribution is 9.10. The van der Waals surface area contributed by atoms with Crippen molar-refractivity contribution in [3.63, 3.8) is 0 Å². The molecule has 0 atom stereocenters. The zero-order valence-electron chi connectivity index (χ0n) is 16.6. The first-order valence-corrected chi connectivity index (χ1v) is 11.6.